The van der Waals surface area contributed by atoms with Gasteiger partial charge in [-0.25, -0.2) is 0 Å². The third kappa shape index (κ3) is 4.93. The Morgan fingerprint density at radius 2 is 1.63 bits per heavy atom. The van der Waals surface area contributed by atoms with Crippen LogP contribution >= 0.6 is 0 Å². The Kier molecular flexibility index (Phi) is 5.92. The summed E-state index contributed by atoms with van der Waals surface area (Å²) in [5, 5.41) is 3.33. The lowest BCUT2D eigenvalue weighted by molar-refractivity contribution is -0.274. The molecule has 1 fully saturated rings. The number of piperazine rings is 1. The van der Waals surface area contributed by atoms with Gasteiger partial charge in [-0.1, -0.05) is 18.2 Å². The molecule has 1 saturated heterocycles. The summed E-state index contributed by atoms with van der Waals surface area (Å²) >= 11 is 0. The summed E-state index contributed by atoms with van der Waals surface area (Å²) in [4.78, 5) is 2.34. The summed E-state index contributed by atoms with van der Waals surface area (Å²) in [6.45, 7) is 5.49. The van der Waals surface area contributed by atoms with Gasteiger partial charge in [-0.2, -0.15) is 0 Å². The van der Waals surface area contributed by atoms with Crippen molar-refractivity contribution in [2.24, 2.45) is 0 Å². The van der Waals surface area contributed by atoms with Crippen molar-refractivity contribution in [2.75, 3.05) is 33.3 Å². The van der Waals surface area contributed by atoms with E-state index >= 15 is 0 Å². The van der Waals surface area contributed by atoms with Crippen LogP contribution in [0.2, 0.25) is 0 Å². The number of nitrogens with zero attached hydrogens (tertiary/aromatic N) is 1. The van der Waals surface area contributed by atoms with Gasteiger partial charge >= 0.3 is 6.36 Å². The van der Waals surface area contributed by atoms with Gasteiger partial charge < -0.3 is 14.8 Å². The molecule has 146 valence electrons. The maximum absolute atomic E-state index is 12.4. The SMILES string of the molecule is COc1ccc([C@@H](c2ccc(OC(F)(F)F)cc2)N2CCNCC2)c(C)c1. The van der Waals surface area contributed by atoms with Crippen LogP contribution in [-0.4, -0.2) is 44.6 Å². The smallest absolute Gasteiger partial charge is 0.497 e. The molecule has 2 aromatic carbocycles. The largest absolute Gasteiger partial charge is 0.573 e. The number of methoxy groups -OCH3 is 1. The van der Waals surface area contributed by atoms with E-state index in [1.54, 1.807) is 19.2 Å². The van der Waals surface area contributed by atoms with Crippen molar-refractivity contribution in [3.8, 4) is 11.5 Å². The van der Waals surface area contributed by atoms with E-state index in [2.05, 4.69) is 15.0 Å². The molecule has 1 aliphatic heterocycles. The molecule has 4 nitrogen and oxygen atoms in total. The second-order valence-electron chi connectivity index (χ2n) is 6.53. The van der Waals surface area contributed by atoms with Crippen LogP contribution in [0.3, 0.4) is 0 Å². The predicted molar refractivity (Wildman–Crippen MR) is 97.1 cm³/mol. The second-order valence-corrected chi connectivity index (χ2v) is 6.53. The van der Waals surface area contributed by atoms with Crippen LogP contribution in [0.5, 0.6) is 11.5 Å². The number of halogens is 3. The van der Waals surface area contributed by atoms with Crippen LogP contribution in [0.25, 0.3) is 0 Å². The highest BCUT2D eigenvalue weighted by atomic mass is 19.4. The summed E-state index contributed by atoms with van der Waals surface area (Å²) < 4.78 is 46.6. The molecule has 1 atom stereocenters. The van der Waals surface area contributed by atoms with Gasteiger partial charge in [0.1, 0.15) is 11.5 Å². The summed E-state index contributed by atoms with van der Waals surface area (Å²) in [7, 11) is 1.63. The molecule has 0 radical (unpaired) electrons. The van der Waals surface area contributed by atoms with Gasteiger partial charge in [-0.15, -0.1) is 13.2 Å². The summed E-state index contributed by atoms with van der Waals surface area (Å²) in [5.41, 5.74) is 3.12. The van der Waals surface area contributed by atoms with E-state index in [9.17, 15) is 13.2 Å². The minimum absolute atomic E-state index is 0.0436. The molecule has 0 aliphatic carbocycles. The first-order chi connectivity index (χ1) is 12.9. The lowest BCUT2D eigenvalue weighted by Gasteiger charge is -2.36. The van der Waals surface area contributed by atoms with Crippen LogP contribution in [0.1, 0.15) is 22.7 Å². The van der Waals surface area contributed by atoms with E-state index in [4.69, 9.17) is 4.74 Å². The number of rotatable bonds is 5. The molecule has 7 heteroatoms. The average molecular weight is 380 g/mol. The van der Waals surface area contributed by atoms with E-state index < -0.39 is 6.36 Å². The molecule has 0 spiro atoms. The van der Waals surface area contributed by atoms with Crippen LogP contribution < -0.4 is 14.8 Å². The van der Waals surface area contributed by atoms with Crippen molar-refractivity contribution in [2.45, 2.75) is 19.3 Å². The van der Waals surface area contributed by atoms with Crippen molar-refractivity contribution >= 4 is 0 Å². The van der Waals surface area contributed by atoms with Gasteiger partial charge in [-0.3, -0.25) is 4.90 Å². The molecule has 1 heterocycles. The van der Waals surface area contributed by atoms with Crippen molar-refractivity contribution in [1.82, 2.24) is 10.2 Å². The normalized spacial score (nSPS) is 16.8. The van der Waals surface area contributed by atoms with Crippen molar-refractivity contribution in [3.63, 3.8) is 0 Å². The van der Waals surface area contributed by atoms with Gasteiger partial charge in [0.2, 0.25) is 0 Å². The van der Waals surface area contributed by atoms with Crippen LogP contribution in [0, 0.1) is 6.92 Å². The van der Waals surface area contributed by atoms with Gasteiger partial charge in [0.05, 0.1) is 13.2 Å². The zero-order chi connectivity index (χ0) is 19.4. The molecule has 27 heavy (non-hydrogen) atoms. The van der Waals surface area contributed by atoms with E-state index in [0.717, 1.165) is 48.6 Å². The lowest BCUT2D eigenvalue weighted by atomic mass is 9.93. The van der Waals surface area contributed by atoms with Gasteiger partial charge in [0.15, 0.2) is 0 Å². The third-order valence-electron chi connectivity index (χ3n) is 4.72. The fourth-order valence-electron chi connectivity index (χ4n) is 3.46. The Morgan fingerprint density at radius 3 is 2.19 bits per heavy atom. The number of aryl methyl sites for hydroxylation is 1. The fraction of sp³-hybridized carbons (Fsp3) is 0.400. The van der Waals surface area contributed by atoms with E-state index in [1.165, 1.54) is 12.1 Å². The Bertz CT molecular complexity index is 757. The molecule has 2 aromatic rings. The molecular weight excluding hydrogens is 357 g/mol. The number of hydrogen-bond acceptors (Lipinski definition) is 4. The second kappa shape index (κ2) is 8.19. The molecule has 0 saturated carbocycles. The average Bonchev–Trinajstić information content (AvgIpc) is 2.64. The Morgan fingerprint density at radius 1 is 1.00 bits per heavy atom. The molecule has 1 N–H and O–H groups in total. The van der Waals surface area contributed by atoms with Crippen molar-refractivity contribution < 1.29 is 22.6 Å². The van der Waals surface area contributed by atoms with E-state index in [0.29, 0.717) is 0 Å². The van der Waals surface area contributed by atoms with Crippen molar-refractivity contribution in [1.29, 1.82) is 0 Å². The van der Waals surface area contributed by atoms with Crippen molar-refractivity contribution in [3.05, 3.63) is 59.2 Å². The Balaban J connectivity index is 1.95. The number of nitrogens with one attached hydrogen (secondary N) is 1. The first-order valence-corrected chi connectivity index (χ1v) is 8.82. The molecule has 1 aliphatic rings. The van der Waals surface area contributed by atoms with Gasteiger partial charge in [0, 0.05) is 26.2 Å². The first kappa shape index (κ1) is 19.5. The highest BCUT2D eigenvalue weighted by molar-refractivity contribution is 5.42. The fourth-order valence-corrected chi connectivity index (χ4v) is 3.46. The van der Waals surface area contributed by atoms with E-state index in [-0.39, 0.29) is 11.8 Å². The molecule has 0 amide bonds. The first-order valence-electron chi connectivity index (χ1n) is 8.82. The maximum Gasteiger partial charge on any atom is 0.573 e. The molecular formula is C20H23F3N2O2. The molecule has 0 unspecified atom stereocenters. The highest BCUT2D eigenvalue weighted by Crippen LogP contribution is 2.34. The van der Waals surface area contributed by atoms with Crippen LogP contribution in [0.4, 0.5) is 13.2 Å². The highest BCUT2D eigenvalue weighted by Gasteiger charge is 2.31. The van der Waals surface area contributed by atoms with Gasteiger partial charge in [-0.05, 0) is 47.9 Å². The standard InChI is InChI=1S/C20H23F3N2O2/c1-14-13-17(26-2)7-8-18(14)19(25-11-9-24-10-12-25)15-3-5-16(6-4-15)27-20(21,22)23/h3-8,13,19,24H,9-12H2,1-2H3/t19-/m1/s1. The number of hydrogen-bond donors (Lipinski definition) is 1. The quantitative estimate of drug-likeness (QED) is 0.853. The van der Waals surface area contributed by atoms with Gasteiger partial charge in [0.25, 0.3) is 0 Å². The Labute approximate surface area is 156 Å². The monoisotopic (exact) mass is 380 g/mol. The number of benzene rings is 2. The summed E-state index contributed by atoms with van der Waals surface area (Å²) in [6.07, 6.45) is -4.69. The summed E-state index contributed by atoms with van der Waals surface area (Å²) in [5.74, 6) is 0.570. The lowest BCUT2D eigenvalue weighted by Crippen LogP contribution is -2.45. The predicted octanol–water partition coefficient (Wildman–Crippen LogP) is 3.90. The number of ether oxygens (including phenoxy) is 2. The summed E-state index contributed by atoms with van der Waals surface area (Å²) in [6, 6.07) is 12.0. The number of alkyl halides is 3. The van der Waals surface area contributed by atoms with Crippen LogP contribution in [-0.2, 0) is 0 Å². The topological polar surface area (TPSA) is 33.7 Å². The molecule has 0 bridgehead atoms. The molecule has 0 aromatic heterocycles. The minimum atomic E-state index is -4.69. The minimum Gasteiger partial charge on any atom is -0.497 e. The maximum atomic E-state index is 12.4. The third-order valence-corrected chi connectivity index (χ3v) is 4.72. The Hall–Kier alpha value is -2.25. The van der Waals surface area contributed by atoms with Crippen LogP contribution in [0.15, 0.2) is 42.5 Å². The zero-order valence-electron chi connectivity index (χ0n) is 15.3. The zero-order valence-corrected chi connectivity index (χ0v) is 15.3. The van der Waals surface area contributed by atoms with E-state index in [1.807, 2.05) is 25.1 Å². The molecule has 3 rings (SSSR count).